The first kappa shape index (κ1) is 15.6. The Morgan fingerprint density at radius 2 is 2.29 bits per heavy atom. The van der Waals surface area contributed by atoms with Crippen molar-refractivity contribution in [1.29, 1.82) is 0 Å². The number of carbonyl (C=O) groups is 2. The fraction of sp³-hybridized carbons (Fsp3) is 0.600. The molecular formula is C15H22N2O4. The molecule has 0 radical (unpaired) electrons. The minimum atomic E-state index is -0.734. The van der Waals surface area contributed by atoms with Crippen LogP contribution in [0.2, 0.25) is 0 Å². The molecule has 1 N–H and O–H groups in total. The minimum Gasteiger partial charge on any atom is -0.481 e. The van der Waals surface area contributed by atoms with E-state index < -0.39 is 5.97 Å². The van der Waals surface area contributed by atoms with Gasteiger partial charge in [0.15, 0.2) is 0 Å². The molecule has 1 amide bonds. The van der Waals surface area contributed by atoms with E-state index in [-0.39, 0.29) is 17.9 Å². The summed E-state index contributed by atoms with van der Waals surface area (Å²) in [6, 6.07) is 3.75. The van der Waals surface area contributed by atoms with Crippen molar-refractivity contribution < 1.29 is 19.1 Å². The lowest BCUT2D eigenvalue weighted by molar-refractivity contribution is -0.144. The number of aliphatic carboxylic acids is 1. The molecule has 1 aliphatic rings. The quantitative estimate of drug-likeness (QED) is 0.889. The highest BCUT2D eigenvalue weighted by molar-refractivity contribution is 5.78. The van der Waals surface area contributed by atoms with Crippen molar-refractivity contribution in [2.75, 3.05) is 20.1 Å². The number of carboxylic acids is 1. The SMILES string of the molecule is CC1CC(C(=O)O)CCN1CC(=O)N(C)Cc1ccco1. The Hall–Kier alpha value is -1.82. The molecule has 0 aliphatic carbocycles. The second-order valence-corrected chi connectivity index (χ2v) is 5.71. The molecule has 0 bridgehead atoms. The van der Waals surface area contributed by atoms with E-state index in [1.807, 2.05) is 13.0 Å². The molecule has 2 atom stereocenters. The van der Waals surface area contributed by atoms with Crippen molar-refractivity contribution in [3.63, 3.8) is 0 Å². The van der Waals surface area contributed by atoms with Crippen molar-refractivity contribution in [2.45, 2.75) is 32.4 Å². The van der Waals surface area contributed by atoms with Gasteiger partial charge in [-0.05, 0) is 38.4 Å². The van der Waals surface area contributed by atoms with Crippen molar-refractivity contribution >= 4 is 11.9 Å². The molecule has 116 valence electrons. The van der Waals surface area contributed by atoms with E-state index in [1.54, 1.807) is 24.3 Å². The standard InChI is InChI=1S/C15H22N2O4/c1-11-8-12(15(19)20)5-6-17(11)10-14(18)16(2)9-13-4-3-7-21-13/h3-4,7,11-12H,5-6,8-10H2,1-2H3,(H,19,20). The predicted octanol–water partition coefficient (Wildman–Crippen LogP) is 1.42. The van der Waals surface area contributed by atoms with E-state index in [1.165, 1.54) is 0 Å². The molecule has 1 aromatic heterocycles. The molecule has 6 heteroatoms. The molecule has 21 heavy (non-hydrogen) atoms. The lowest BCUT2D eigenvalue weighted by Gasteiger charge is -2.36. The van der Waals surface area contributed by atoms with Crippen molar-refractivity contribution in [3.05, 3.63) is 24.2 Å². The molecular weight excluding hydrogens is 272 g/mol. The third-order valence-corrected chi connectivity index (χ3v) is 4.10. The van der Waals surface area contributed by atoms with Crippen LogP contribution in [-0.4, -0.2) is 53.0 Å². The first-order valence-corrected chi connectivity index (χ1v) is 7.20. The maximum Gasteiger partial charge on any atom is 0.306 e. The van der Waals surface area contributed by atoms with Gasteiger partial charge in [-0.1, -0.05) is 0 Å². The fourth-order valence-electron chi connectivity index (χ4n) is 2.70. The Morgan fingerprint density at radius 3 is 2.86 bits per heavy atom. The zero-order valence-electron chi connectivity index (χ0n) is 12.5. The van der Waals surface area contributed by atoms with Crippen molar-refractivity contribution in [3.8, 4) is 0 Å². The van der Waals surface area contributed by atoms with Crippen LogP contribution < -0.4 is 0 Å². The van der Waals surface area contributed by atoms with Crippen molar-refractivity contribution in [1.82, 2.24) is 9.80 Å². The van der Waals surface area contributed by atoms with Gasteiger partial charge in [-0.3, -0.25) is 14.5 Å². The fourth-order valence-corrected chi connectivity index (χ4v) is 2.70. The summed E-state index contributed by atoms with van der Waals surface area (Å²) in [5.74, 6) is -0.245. The molecule has 1 saturated heterocycles. The number of carbonyl (C=O) groups excluding carboxylic acids is 1. The number of likely N-dealkylation sites (N-methyl/N-ethyl adjacent to an activating group) is 1. The zero-order valence-corrected chi connectivity index (χ0v) is 12.5. The molecule has 2 unspecified atom stereocenters. The Labute approximate surface area is 124 Å². The van der Waals surface area contributed by atoms with Crippen molar-refractivity contribution in [2.24, 2.45) is 5.92 Å². The van der Waals surface area contributed by atoms with Crippen LogP contribution in [0.4, 0.5) is 0 Å². The highest BCUT2D eigenvalue weighted by Gasteiger charge is 2.31. The normalized spacial score (nSPS) is 23.0. The van der Waals surface area contributed by atoms with Crippen LogP contribution in [0.1, 0.15) is 25.5 Å². The molecule has 1 fully saturated rings. The van der Waals surface area contributed by atoms with Gasteiger partial charge >= 0.3 is 5.97 Å². The second-order valence-electron chi connectivity index (χ2n) is 5.71. The number of nitrogens with zero attached hydrogens (tertiary/aromatic N) is 2. The van der Waals surface area contributed by atoms with E-state index in [2.05, 4.69) is 4.90 Å². The Balaban J connectivity index is 1.83. The summed E-state index contributed by atoms with van der Waals surface area (Å²) >= 11 is 0. The molecule has 2 heterocycles. The molecule has 6 nitrogen and oxygen atoms in total. The van der Waals surface area contributed by atoms with Crippen LogP contribution in [0, 0.1) is 5.92 Å². The summed E-state index contributed by atoms with van der Waals surface area (Å²) in [4.78, 5) is 26.9. The first-order valence-electron chi connectivity index (χ1n) is 7.20. The third kappa shape index (κ3) is 4.07. The molecule has 2 rings (SSSR count). The van der Waals surface area contributed by atoms with Crippen LogP contribution >= 0.6 is 0 Å². The van der Waals surface area contributed by atoms with Gasteiger partial charge in [-0.2, -0.15) is 0 Å². The minimum absolute atomic E-state index is 0.0204. The summed E-state index contributed by atoms with van der Waals surface area (Å²) in [7, 11) is 1.75. The maximum absolute atomic E-state index is 12.2. The number of hydrogen-bond acceptors (Lipinski definition) is 4. The van der Waals surface area contributed by atoms with Gasteiger partial charge in [-0.25, -0.2) is 0 Å². The molecule has 1 aromatic rings. The number of piperidine rings is 1. The Bertz CT molecular complexity index is 486. The van der Waals surface area contributed by atoms with Gasteiger partial charge in [0, 0.05) is 13.1 Å². The summed E-state index contributed by atoms with van der Waals surface area (Å²) in [6.07, 6.45) is 2.80. The number of rotatable bonds is 5. The summed E-state index contributed by atoms with van der Waals surface area (Å²) < 4.78 is 5.23. The van der Waals surface area contributed by atoms with Crippen LogP contribution in [0.15, 0.2) is 22.8 Å². The molecule has 1 aliphatic heterocycles. The van der Waals surface area contributed by atoms with Crippen LogP contribution in [-0.2, 0) is 16.1 Å². The topological polar surface area (TPSA) is 74.0 Å². The molecule has 0 spiro atoms. The first-order chi connectivity index (χ1) is 9.97. The largest absolute Gasteiger partial charge is 0.481 e. The number of amides is 1. The van der Waals surface area contributed by atoms with Gasteiger partial charge in [0.2, 0.25) is 5.91 Å². The Morgan fingerprint density at radius 1 is 1.52 bits per heavy atom. The van der Waals surface area contributed by atoms with Gasteiger partial charge in [0.25, 0.3) is 0 Å². The van der Waals surface area contributed by atoms with E-state index in [0.717, 1.165) is 5.76 Å². The number of hydrogen-bond donors (Lipinski definition) is 1. The van der Waals surface area contributed by atoms with Gasteiger partial charge in [0.1, 0.15) is 5.76 Å². The summed E-state index contributed by atoms with van der Waals surface area (Å²) in [6.45, 7) is 3.41. The van der Waals surface area contributed by atoms with E-state index >= 15 is 0 Å². The van der Waals surface area contributed by atoms with Crippen LogP contribution in [0.25, 0.3) is 0 Å². The maximum atomic E-state index is 12.2. The molecule has 0 saturated carbocycles. The van der Waals surface area contributed by atoms with Crippen LogP contribution in [0.3, 0.4) is 0 Å². The number of likely N-dealkylation sites (tertiary alicyclic amines) is 1. The van der Waals surface area contributed by atoms with Gasteiger partial charge in [-0.15, -0.1) is 0 Å². The second kappa shape index (κ2) is 6.76. The van der Waals surface area contributed by atoms with Gasteiger partial charge < -0.3 is 14.4 Å². The highest BCUT2D eigenvalue weighted by Crippen LogP contribution is 2.22. The van der Waals surface area contributed by atoms with Crippen LogP contribution in [0.5, 0.6) is 0 Å². The van der Waals surface area contributed by atoms with E-state index in [0.29, 0.717) is 32.5 Å². The average Bonchev–Trinajstić information content (AvgIpc) is 2.93. The number of furan rings is 1. The monoisotopic (exact) mass is 294 g/mol. The predicted molar refractivity (Wildman–Crippen MR) is 76.6 cm³/mol. The average molecular weight is 294 g/mol. The summed E-state index contributed by atoms with van der Waals surface area (Å²) in [5.41, 5.74) is 0. The number of carboxylic acid groups (broad SMARTS) is 1. The van der Waals surface area contributed by atoms with E-state index in [4.69, 9.17) is 9.52 Å². The third-order valence-electron chi connectivity index (χ3n) is 4.10. The van der Waals surface area contributed by atoms with Gasteiger partial charge in [0.05, 0.1) is 25.3 Å². The van der Waals surface area contributed by atoms with E-state index in [9.17, 15) is 9.59 Å². The lowest BCUT2D eigenvalue weighted by Crippen LogP contribution is -2.47. The zero-order chi connectivity index (χ0) is 15.4. The summed E-state index contributed by atoms with van der Waals surface area (Å²) in [5, 5.41) is 9.05. The smallest absolute Gasteiger partial charge is 0.306 e. The molecule has 0 aromatic carbocycles. The Kier molecular flexibility index (Phi) is 5.01. The highest BCUT2D eigenvalue weighted by atomic mass is 16.4. The lowest BCUT2D eigenvalue weighted by atomic mass is 9.92.